The minimum Gasteiger partial charge on any atom is -0.494 e. The van der Waals surface area contributed by atoms with Crippen molar-refractivity contribution in [2.45, 2.75) is 39.5 Å². The molecule has 0 unspecified atom stereocenters. The Kier molecular flexibility index (Phi) is 6.26. The Balaban J connectivity index is 1.72. The van der Waals surface area contributed by atoms with Gasteiger partial charge >= 0.3 is 5.97 Å². The summed E-state index contributed by atoms with van der Waals surface area (Å²) in [5.41, 5.74) is 1.28. The first-order chi connectivity index (χ1) is 10.7. The molecule has 3 nitrogen and oxygen atoms in total. The van der Waals surface area contributed by atoms with E-state index in [1.165, 1.54) is 16.3 Å². The molecule has 22 heavy (non-hydrogen) atoms. The van der Waals surface area contributed by atoms with Crippen molar-refractivity contribution in [1.29, 1.82) is 0 Å². The first kappa shape index (κ1) is 16.3. The van der Waals surface area contributed by atoms with Gasteiger partial charge in [0.05, 0.1) is 13.2 Å². The van der Waals surface area contributed by atoms with Crippen LogP contribution in [0.5, 0.6) is 5.75 Å². The van der Waals surface area contributed by atoms with Crippen LogP contribution >= 0.6 is 0 Å². The maximum Gasteiger partial charge on any atom is 0.305 e. The second kappa shape index (κ2) is 8.42. The van der Waals surface area contributed by atoms with Gasteiger partial charge in [-0.2, -0.15) is 0 Å². The molecule has 118 valence electrons. The zero-order chi connectivity index (χ0) is 15.8. The summed E-state index contributed by atoms with van der Waals surface area (Å²) in [4.78, 5) is 11.2. The largest absolute Gasteiger partial charge is 0.494 e. The normalized spacial score (nSPS) is 10.6. The number of esters is 1. The quantitative estimate of drug-likeness (QED) is 0.526. The van der Waals surface area contributed by atoms with E-state index in [2.05, 4.69) is 37.3 Å². The second-order valence-corrected chi connectivity index (χ2v) is 5.42. The van der Waals surface area contributed by atoms with E-state index in [9.17, 15) is 4.79 Å². The molecule has 0 radical (unpaired) electrons. The lowest BCUT2D eigenvalue weighted by atomic mass is 10.1. The average Bonchev–Trinajstić information content (AvgIpc) is 2.51. The zero-order valence-electron chi connectivity index (χ0n) is 13.4. The highest BCUT2D eigenvalue weighted by molar-refractivity contribution is 5.86. The summed E-state index contributed by atoms with van der Waals surface area (Å²) in [7, 11) is 0. The van der Waals surface area contributed by atoms with E-state index < -0.39 is 0 Å². The van der Waals surface area contributed by atoms with Crippen LogP contribution in [-0.2, 0) is 9.53 Å². The van der Waals surface area contributed by atoms with Crippen LogP contribution in [0, 0.1) is 6.92 Å². The lowest BCUT2D eigenvalue weighted by Gasteiger charge is -2.08. The van der Waals surface area contributed by atoms with Gasteiger partial charge in [-0.05, 0) is 61.6 Å². The summed E-state index contributed by atoms with van der Waals surface area (Å²) >= 11 is 0. The van der Waals surface area contributed by atoms with Gasteiger partial charge in [0, 0.05) is 6.42 Å². The van der Waals surface area contributed by atoms with Crippen LogP contribution in [0.2, 0.25) is 0 Å². The third kappa shape index (κ3) is 4.76. The lowest BCUT2D eigenvalue weighted by Crippen LogP contribution is -2.04. The number of carbonyl (C=O) groups is 1. The number of hydrogen-bond acceptors (Lipinski definition) is 3. The van der Waals surface area contributed by atoms with Gasteiger partial charge in [0.2, 0.25) is 0 Å². The van der Waals surface area contributed by atoms with Gasteiger partial charge in [-0.1, -0.05) is 24.3 Å². The molecule has 0 fully saturated rings. The Morgan fingerprint density at radius 3 is 2.77 bits per heavy atom. The van der Waals surface area contributed by atoms with Crippen molar-refractivity contribution in [2.75, 3.05) is 13.2 Å². The summed E-state index contributed by atoms with van der Waals surface area (Å²) < 4.78 is 10.7. The topological polar surface area (TPSA) is 35.5 Å². The van der Waals surface area contributed by atoms with Crippen LogP contribution in [0.15, 0.2) is 36.4 Å². The number of unbranched alkanes of at least 4 members (excludes halogenated alkanes) is 2. The molecule has 0 bridgehead atoms. The molecule has 0 aromatic heterocycles. The highest BCUT2D eigenvalue weighted by Gasteiger charge is 2.02. The summed E-state index contributed by atoms with van der Waals surface area (Å²) in [6.07, 6.45) is 3.29. The van der Waals surface area contributed by atoms with Gasteiger partial charge < -0.3 is 9.47 Å². The maximum absolute atomic E-state index is 11.2. The number of aryl methyl sites for hydroxylation is 1. The Bertz CT molecular complexity index is 619. The van der Waals surface area contributed by atoms with Crippen molar-refractivity contribution >= 4 is 16.7 Å². The average molecular weight is 300 g/mol. The Labute approximate surface area is 132 Å². The molecule has 0 saturated carbocycles. The van der Waals surface area contributed by atoms with Gasteiger partial charge in [0.15, 0.2) is 0 Å². The van der Waals surface area contributed by atoms with Crippen LogP contribution in [-0.4, -0.2) is 19.2 Å². The first-order valence-corrected chi connectivity index (χ1v) is 7.98. The van der Waals surface area contributed by atoms with Crippen molar-refractivity contribution in [3.63, 3.8) is 0 Å². The number of fused-ring (bicyclic) bond motifs is 1. The smallest absolute Gasteiger partial charge is 0.305 e. The molecule has 0 amide bonds. The Hall–Kier alpha value is -2.03. The monoisotopic (exact) mass is 300 g/mol. The first-order valence-electron chi connectivity index (χ1n) is 7.98. The molecule has 0 spiro atoms. The minimum absolute atomic E-state index is 0.103. The van der Waals surface area contributed by atoms with Gasteiger partial charge in [0.25, 0.3) is 0 Å². The molecule has 2 rings (SSSR count). The molecule has 0 aliphatic heterocycles. The van der Waals surface area contributed by atoms with Crippen LogP contribution in [0.25, 0.3) is 10.8 Å². The maximum atomic E-state index is 11.2. The molecule has 0 aliphatic carbocycles. The number of benzene rings is 2. The van der Waals surface area contributed by atoms with Crippen molar-refractivity contribution < 1.29 is 14.3 Å². The Morgan fingerprint density at radius 2 is 1.95 bits per heavy atom. The molecular formula is C19H24O3. The molecule has 0 atom stereocenters. The van der Waals surface area contributed by atoms with Gasteiger partial charge in [0.1, 0.15) is 5.75 Å². The molecule has 0 heterocycles. The fourth-order valence-electron chi connectivity index (χ4n) is 2.48. The number of carbonyl (C=O) groups excluding carboxylic acids is 1. The van der Waals surface area contributed by atoms with E-state index in [1.807, 2.05) is 13.0 Å². The summed E-state index contributed by atoms with van der Waals surface area (Å²) in [6.45, 7) is 5.09. The van der Waals surface area contributed by atoms with E-state index in [0.717, 1.165) is 25.0 Å². The van der Waals surface area contributed by atoms with Crippen molar-refractivity contribution in [1.82, 2.24) is 0 Å². The summed E-state index contributed by atoms with van der Waals surface area (Å²) in [5.74, 6) is 0.803. The second-order valence-electron chi connectivity index (χ2n) is 5.42. The fraction of sp³-hybridized carbons (Fsp3) is 0.421. The zero-order valence-corrected chi connectivity index (χ0v) is 13.4. The van der Waals surface area contributed by atoms with E-state index in [4.69, 9.17) is 9.47 Å². The van der Waals surface area contributed by atoms with Gasteiger partial charge in [-0.25, -0.2) is 0 Å². The molecule has 2 aromatic carbocycles. The third-order valence-electron chi connectivity index (χ3n) is 3.67. The number of hydrogen-bond donors (Lipinski definition) is 0. The summed E-state index contributed by atoms with van der Waals surface area (Å²) in [6, 6.07) is 12.5. The van der Waals surface area contributed by atoms with E-state index in [1.54, 1.807) is 0 Å². The van der Waals surface area contributed by atoms with Gasteiger partial charge in [-0.3, -0.25) is 4.79 Å². The third-order valence-corrected chi connectivity index (χ3v) is 3.67. The predicted molar refractivity (Wildman–Crippen MR) is 89.3 cm³/mol. The molecule has 0 aliphatic rings. The highest BCUT2D eigenvalue weighted by Crippen LogP contribution is 2.23. The van der Waals surface area contributed by atoms with E-state index in [0.29, 0.717) is 19.6 Å². The summed E-state index contributed by atoms with van der Waals surface area (Å²) in [5, 5.41) is 2.48. The number of ether oxygens (including phenoxy) is 2. The molecular weight excluding hydrogens is 276 g/mol. The predicted octanol–water partition coefficient (Wildman–Crippen LogP) is 4.65. The van der Waals surface area contributed by atoms with Crippen molar-refractivity contribution in [2.24, 2.45) is 0 Å². The van der Waals surface area contributed by atoms with Crippen LogP contribution in [0.4, 0.5) is 0 Å². The van der Waals surface area contributed by atoms with E-state index in [-0.39, 0.29) is 5.97 Å². The van der Waals surface area contributed by atoms with Gasteiger partial charge in [-0.15, -0.1) is 0 Å². The van der Waals surface area contributed by atoms with Crippen LogP contribution in [0.1, 0.15) is 38.2 Å². The Morgan fingerprint density at radius 1 is 1.09 bits per heavy atom. The van der Waals surface area contributed by atoms with Crippen LogP contribution < -0.4 is 4.74 Å². The van der Waals surface area contributed by atoms with Crippen molar-refractivity contribution in [3.8, 4) is 5.75 Å². The number of rotatable bonds is 8. The van der Waals surface area contributed by atoms with E-state index >= 15 is 0 Å². The molecule has 3 heteroatoms. The SMILES string of the molecule is CCOC(=O)CCCCCOc1ccc2c(C)cccc2c1. The lowest BCUT2D eigenvalue weighted by molar-refractivity contribution is -0.143. The van der Waals surface area contributed by atoms with Crippen molar-refractivity contribution in [3.05, 3.63) is 42.0 Å². The van der Waals surface area contributed by atoms with Crippen LogP contribution in [0.3, 0.4) is 0 Å². The molecule has 0 saturated heterocycles. The fourth-order valence-corrected chi connectivity index (χ4v) is 2.48. The standard InChI is InChI=1S/C19H24O3/c1-3-21-19(20)10-5-4-6-13-22-17-11-12-18-15(2)8-7-9-16(18)14-17/h7-9,11-12,14H,3-6,10,13H2,1-2H3. The molecule has 0 N–H and O–H groups in total. The molecule has 2 aromatic rings. The highest BCUT2D eigenvalue weighted by atomic mass is 16.5. The minimum atomic E-state index is -0.103.